The number of pyridine rings is 1. The minimum absolute atomic E-state index is 0.00674. The summed E-state index contributed by atoms with van der Waals surface area (Å²) in [6.07, 6.45) is -3.03. The number of hydrogen-bond donors (Lipinski definition) is 0. The molecule has 2 saturated heterocycles. The Bertz CT molecular complexity index is 1210. The SMILES string of the molecule is FC(F)(F)c1cccnc1N1CCN(Cc2cc(CN3CCOCC3)nc(-c3cccc(Cl)c3)n2)CC1. The highest BCUT2D eigenvalue weighted by molar-refractivity contribution is 6.30. The third kappa shape index (κ3) is 6.56. The van der Waals surface area contributed by atoms with E-state index in [-0.39, 0.29) is 5.82 Å². The van der Waals surface area contributed by atoms with Crippen LogP contribution in [0.15, 0.2) is 48.7 Å². The molecule has 0 aliphatic carbocycles. The Balaban J connectivity index is 1.32. The van der Waals surface area contributed by atoms with Gasteiger partial charge in [0.05, 0.1) is 30.2 Å². The van der Waals surface area contributed by atoms with Gasteiger partial charge in [-0.25, -0.2) is 15.0 Å². The summed E-state index contributed by atoms with van der Waals surface area (Å²) in [4.78, 5) is 19.9. The van der Waals surface area contributed by atoms with Crippen LogP contribution in [0.5, 0.6) is 0 Å². The zero-order valence-electron chi connectivity index (χ0n) is 20.3. The maximum atomic E-state index is 13.5. The Morgan fingerprint density at radius 2 is 1.51 bits per heavy atom. The van der Waals surface area contributed by atoms with Crippen molar-refractivity contribution >= 4 is 17.4 Å². The van der Waals surface area contributed by atoms with E-state index in [9.17, 15) is 13.2 Å². The fourth-order valence-corrected chi connectivity index (χ4v) is 4.87. The van der Waals surface area contributed by atoms with Gasteiger partial charge in [0.15, 0.2) is 5.82 Å². The molecule has 0 spiro atoms. The molecule has 2 aromatic heterocycles. The van der Waals surface area contributed by atoms with Gasteiger partial charge in [-0.1, -0.05) is 23.7 Å². The highest BCUT2D eigenvalue weighted by atomic mass is 35.5. The standard InChI is InChI=1S/C26H28ClF3N6O/c27-20-4-1-3-19(15-20)24-32-21(16-22(33-24)18-35-11-13-37-14-12-35)17-34-7-9-36(10-8-34)25-23(26(28,29)30)5-2-6-31-25/h1-6,15-16H,7-14,17-18H2. The summed E-state index contributed by atoms with van der Waals surface area (Å²) >= 11 is 6.22. The van der Waals surface area contributed by atoms with Crippen molar-refractivity contribution in [3.63, 3.8) is 0 Å². The summed E-state index contributed by atoms with van der Waals surface area (Å²) in [7, 11) is 0. The van der Waals surface area contributed by atoms with Crippen LogP contribution in [0.2, 0.25) is 5.02 Å². The highest BCUT2D eigenvalue weighted by Crippen LogP contribution is 2.35. The minimum Gasteiger partial charge on any atom is -0.379 e. The molecule has 2 fully saturated rings. The first-order valence-electron chi connectivity index (χ1n) is 12.3. The first-order chi connectivity index (χ1) is 17.8. The molecular weight excluding hydrogens is 505 g/mol. The molecule has 0 atom stereocenters. The van der Waals surface area contributed by atoms with Crippen molar-refractivity contribution in [1.29, 1.82) is 0 Å². The summed E-state index contributed by atoms with van der Waals surface area (Å²) in [6.45, 7) is 6.48. The van der Waals surface area contributed by atoms with Gasteiger partial charge in [-0.3, -0.25) is 9.80 Å². The van der Waals surface area contributed by atoms with Crippen LogP contribution in [0, 0.1) is 0 Å². The molecule has 0 bridgehead atoms. The van der Waals surface area contributed by atoms with Crippen LogP contribution in [-0.2, 0) is 24.0 Å². The second kappa shape index (κ2) is 11.3. The fourth-order valence-electron chi connectivity index (χ4n) is 4.68. The normalized spacial score (nSPS) is 17.8. The van der Waals surface area contributed by atoms with Crippen molar-refractivity contribution in [1.82, 2.24) is 24.8 Å². The van der Waals surface area contributed by atoms with E-state index in [1.807, 2.05) is 30.3 Å². The lowest BCUT2D eigenvalue weighted by Gasteiger charge is -2.36. The molecule has 2 aliphatic heterocycles. The van der Waals surface area contributed by atoms with Gasteiger partial charge in [0.1, 0.15) is 5.82 Å². The Labute approximate surface area is 218 Å². The molecule has 7 nitrogen and oxygen atoms in total. The monoisotopic (exact) mass is 532 g/mol. The van der Waals surface area contributed by atoms with Crippen LogP contribution in [-0.4, -0.2) is 77.2 Å². The molecule has 37 heavy (non-hydrogen) atoms. The molecule has 196 valence electrons. The predicted molar refractivity (Wildman–Crippen MR) is 135 cm³/mol. The van der Waals surface area contributed by atoms with Gasteiger partial charge in [-0.2, -0.15) is 13.2 Å². The van der Waals surface area contributed by atoms with Crippen molar-refractivity contribution in [3.05, 3.63) is 70.6 Å². The Morgan fingerprint density at radius 1 is 0.838 bits per heavy atom. The number of benzene rings is 1. The van der Waals surface area contributed by atoms with Crippen molar-refractivity contribution in [2.45, 2.75) is 19.3 Å². The molecule has 2 aliphatic rings. The van der Waals surface area contributed by atoms with Gasteiger partial charge in [-0.05, 0) is 30.3 Å². The van der Waals surface area contributed by atoms with E-state index in [1.54, 1.807) is 4.90 Å². The lowest BCUT2D eigenvalue weighted by molar-refractivity contribution is -0.137. The Kier molecular flexibility index (Phi) is 7.89. The first-order valence-corrected chi connectivity index (χ1v) is 12.7. The maximum absolute atomic E-state index is 13.5. The number of anilines is 1. The molecule has 11 heteroatoms. The number of piperazine rings is 1. The smallest absolute Gasteiger partial charge is 0.379 e. The first kappa shape index (κ1) is 25.8. The van der Waals surface area contributed by atoms with Gasteiger partial charge in [0, 0.05) is 69.1 Å². The molecular formula is C26H28ClF3N6O. The fraction of sp³-hybridized carbons (Fsp3) is 0.423. The second-order valence-electron chi connectivity index (χ2n) is 9.21. The largest absolute Gasteiger partial charge is 0.419 e. The van der Waals surface area contributed by atoms with Crippen LogP contribution in [0.25, 0.3) is 11.4 Å². The van der Waals surface area contributed by atoms with E-state index < -0.39 is 11.7 Å². The van der Waals surface area contributed by atoms with Gasteiger partial charge < -0.3 is 9.64 Å². The number of halogens is 4. The van der Waals surface area contributed by atoms with Crippen LogP contribution in [0.4, 0.5) is 19.0 Å². The average Bonchev–Trinajstić information content (AvgIpc) is 2.89. The molecule has 0 N–H and O–H groups in total. The number of ether oxygens (including phenoxy) is 1. The number of aromatic nitrogens is 3. The molecule has 0 amide bonds. The predicted octanol–water partition coefficient (Wildman–Crippen LogP) is 4.37. The molecule has 3 aromatic rings. The van der Waals surface area contributed by atoms with E-state index in [0.29, 0.717) is 63.3 Å². The number of rotatable bonds is 6. The van der Waals surface area contributed by atoms with Crippen molar-refractivity contribution in [2.75, 3.05) is 57.4 Å². The number of hydrogen-bond acceptors (Lipinski definition) is 7. The molecule has 0 saturated carbocycles. The molecule has 0 radical (unpaired) electrons. The van der Waals surface area contributed by atoms with Crippen LogP contribution >= 0.6 is 11.6 Å². The van der Waals surface area contributed by atoms with Gasteiger partial charge in [-0.15, -0.1) is 0 Å². The highest BCUT2D eigenvalue weighted by Gasteiger charge is 2.36. The summed E-state index contributed by atoms with van der Waals surface area (Å²) in [5.41, 5.74) is 1.94. The van der Waals surface area contributed by atoms with Crippen LogP contribution in [0.1, 0.15) is 17.0 Å². The second-order valence-corrected chi connectivity index (χ2v) is 9.65. The molecule has 1 aromatic carbocycles. The van der Waals surface area contributed by atoms with E-state index in [4.69, 9.17) is 26.3 Å². The Hall–Kier alpha value is -2.79. The maximum Gasteiger partial charge on any atom is 0.419 e. The van der Waals surface area contributed by atoms with Gasteiger partial charge >= 0.3 is 6.18 Å². The van der Waals surface area contributed by atoms with E-state index >= 15 is 0 Å². The summed E-state index contributed by atoms with van der Waals surface area (Å²) < 4.78 is 45.9. The van der Waals surface area contributed by atoms with E-state index in [1.165, 1.54) is 12.3 Å². The van der Waals surface area contributed by atoms with Crippen molar-refractivity contribution < 1.29 is 17.9 Å². The zero-order chi connectivity index (χ0) is 25.8. The number of alkyl halides is 3. The summed E-state index contributed by atoms with van der Waals surface area (Å²) in [5.74, 6) is 0.609. The summed E-state index contributed by atoms with van der Waals surface area (Å²) in [5, 5.41) is 0.616. The molecule has 0 unspecified atom stereocenters. The minimum atomic E-state index is -4.44. The quantitative estimate of drug-likeness (QED) is 0.467. The molecule has 5 rings (SSSR count). The topological polar surface area (TPSA) is 57.6 Å². The van der Waals surface area contributed by atoms with E-state index in [0.717, 1.165) is 36.1 Å². The van der Waals surface area contributed by atoms with Crippen molar-refractivity contribution in [3.8, 4) is 11.4 Å². The number of nitrogens with zero attached hydrogens (tertiary/aromatic N) is 6. The van der Waals surface area contributed by atoms with Crippen molar-refractivity contribution in [2.24, 2.45) is 0 Å². The summed E-state index contributed by atoms with van der Waals surface area (Å²) in [6, 6.07) is 11.9. The van der Waals surface area contributed by atoms with Crippen LogP contribution < -0.4 is 4.90 Å². The third-order valence-corrected chi connectivity index (χ3v) is 6.79. The van der Waals surface area contributed by atoms with E-state index in [2.05, 4.69) is 14.8 Å². The number of morpholine rings is 1. The van der Waals surface area contributed by atoms with Crippen LogP contribution in [0.3, 0.4) is 0 Å². The zero-order valence-corrected chi connectivity index (χ0v) is 21.0. The average molecular weight is 533 g/mol. The molecule has 4 heterocycles. The third-order valence-electron chi connectivity index (χ3n) is 6.55. The lowest BCUT2D eigenvalue weighted by atomic mass is 10.2. The Morgan fingerprint density at radius 3 is 2.16 bits per heavy atom. The van der Waals surface area contributed by atoms with Gasteiger partial charge in [0.2, 0.25) is 0 Å². The van der Waals surface area contributed by atoms with Gasteiger partial charge in [0.25, 0.3) is 0 Å². The lowest BCUT2D eigenvalue weighted by Crippen LogP contribution is -2.47.